The number of aromatic nitrogens is 2. The van der Waals surface area contributed by atoms with Gasteiger partial charge in [0.05, 0.1) is 11.5 Å². The minimum Gasteiger partial charge on any atom is -0.344 e. The van der Waals surface area contributed by atoms with E-state index in [1.165, 1.54) is 11.6 Å². The van der Waals surface area contributed by atoms with Gasteiger partial charge in [-0.2, -0.15) is 0 Å². The Bertz CT molecular complexity index is 1320. The quantitative estimate of drug-likeness (QED) is 0.688. The number of rotatable bonds is 3. The third-order valence-corrected chi connectivity index (χ3v) is 5.67. The van der Waals surface area contributed by atoms with Gasteiger partial charge in [0.25, 0.3) is 11.5 Å². The first-order valence-electron chi connectivity index (χ1n) is 10.00. The van der Waals surface area contributed by atoms with E-state index in [1.807, 2.05) is 61.5 Å². The van der Waals surface area contributed by atoms with Crippen LogP contribution in [0.15, 0.2) is 75.5 Å². The van der Waals surface area contributed by atoms with Crippen molar-refractivity contribution in [2.24, 2.45) is 14.1 Å². The molecule has 0 unspecified atom stereocenters. The minimum absolute atomic E-state index is 0.302. The molecule has 158 valence electrons. The Morgan fingerprint density at radius 1 is 0.935 bits per heavy atom. The monoisotopic (exact) mass is 416 g/mol. The summed E-state index contributed by atoms with van der Waals surface area (Å²) in [7, 11) is 3.06. The van der Waals surface area contributed by atoms with Gasteiger partial charge in [0.2, 0.25) is 0 Å². The molecule has 0 spiro atoms. The fourth-order valence-corrected chi connectivity index (χ4v) is 4.00. The van der Waals surface area contributed by atoms with Gasteiger partial charge in [0.15, 0.2) is 0 Å². The summed E-state index contributed by atoms with van der Waals surface area (Å²) in [6, 6.07) is 16.9. The number of anilines is 2. The van der Waals surface area contributed by atoms with Gasteiger partial charge >= 0.3 is 5.69 Å². The van der Waals surface area contributed by atoms with E-state index in [2.05, 4.69) is 10.6 Å². The number of hydrogen-bond acceptors (Lipinski definition) is 4. The Labute approximate surface area is 179 Å². The number of aryl methyl sites for hydroxylation is 1. The lowest BCUT2D eigenvalue weighted by Crippen LogP contribution is -2.43. The van der Waals surface area contributed by atoms with E-state index in [9.17, 15) is 14.4 Å². The highest BCUT2D eigenvalue weighted by atomic mass is 16.2. The number of nitrogens with zero attached hydrogens (tertiary/aromatic N) is 2. The minimum atomic E-state index is -0.619. The Hall–Kier alpha value is -3.87. The first-order chi connectivity index (χ1) is 14.8. The summed E-state index contributed by atoms with van der Waals surface area (Å²) >= 11 is 0. The number of amides is 1. The highest BCUT2D eigenvalue weighted by Crippen LogP contribution is 2.39. The van der Waals surface area contributed by atoms with E-state index in [4.69, 9.17) is 0 Å². The lowest BCUT2D eigenvalue weighted by atomic mass is 9.81. The second-order valence-corrected chi connectivity index (χ2v) is 7.80. The van der Waals surface area contributed by atoms with Crippen LogP contribution >= 0.6 is 0 Å². The standard InChI is InChI=1S/C24H24N4O3/c1-14-10-12-16(13-11-14)19-18(22(29)26-17-8-6-5-7-9-17)15(2)25-21-20(19)23(30)28(4)24(31)27(21)3/h5-13,19,25H,1-4H3,(H,26,29)/t19-/m1/s1. The number of carbonyl (C=O) groups excluding carboxylic acids is 1. The molecule has 1 atom stereocenters. The van der Waals surface area contributed by atoms with E-state index >= 15 is 0 Å². The molecule has 31 heavy (non-hydrogen) atoms. The molecule has 4 rings (SSSR count). The van der Waals surface area contributed by atoms with E-state index in [1.54, 1.807) is 14.0 Å². The van der Waals surface area contributed by atoms with Crippen molar-refractivity contribution in [2.75, 3.05) is 10.6 Å². The predicted molar refractivity (Wildman–Crippen MR) is 121 cm³/mol. The van der Waals surface area contributed by atoms with Crippen LogP contribution in [0.4, 0.5) is 11.5 Å². The maximum absolute atomic E-state index is 13.4. The van der Waals surface area contributed by atoms with Crippen LogP contribution in [0, 0.1) is 6.92 Å². The fraction of sp³-hybridized carbons (Fsp3) is 0.208. The highest BCUT2D eigenvalue weighted by Gasteiger charge is 2.36. The summed E-state index contributed by atoms with van der Waals surface area (Å²) in [6.07, 6.45) is 0. The summed E-state index contributed by atoms with van der Waals surface area (Å²) in [5.74, 6) is -0.512. The van der Waals surface area contributed by atoms with Crippen LogP contribution in [-0.4, -0.2) is 15.0 Å². The third-order valence-electron chi connectivity index (χ3n) is 5.67. The smallest absolute Gasteiger partial charge is 0.332 e. The molecule has 2 heterocycles. The molecule has 7 heteroatoms. The SMILES string of the molecule is CC1=C(C(=O)Nc2ccccc2)[C@@H](c2ccc(C)cc2)c2c(n(C)c(=O)n(C)c2=O)N1. The van der Waals surface area contributed by atoms with E-state index in [-0.39, 0.29) is 5.91 Å². The van der Waals surface area contributed by atoms with Gasteiger partial charge in [-0.25, -0.2) is 4.79 Å². The number of fused-ring (bicyclic) bond motifs is 1. The van der Waals surface area contributed by atoms with Crippen molar-refractivity contribution < 1.29 is 4.79 Å². The van der Waals surface area contributed by atoms with Gasteiger partial charge in [0.1, 0.15) is 5.82 Å². The van der Waals surface area contributed by atoms with Crippen LogP contribution < -0.4 is 21.9 Å². The predicted octanol–water partition coefficient (Wildman–Crippen LogP) is 2.86. The lowest BCUT2D eigenvalue weighted by Gasteiger charge is -2.31. The molecule has 2 aromatic carbocycles. The Balaban J connectivity index is 1.95. The molecular formula is C24H24N4O3. The zero-order valence-corrected chi connectivity index (χ0v) is 17.9. The number of hydrogen-bond donors (Lipinski definition) is 2. The molecule has 1 aromatic heterocycles. The van der Waals surface area contributed by atoms with Crippen LogP contribution in [0.5, 0.6) is 0 Å². The molecule has 0 radical (unpaired) electrons. The van der Waals surface area contributed by atoms with Gasteiger partial charge in [-0.3, -0.25) is 18.7 Å². The average Bonchev–Trinajstić information content (AvgIpc) is 2.76. The van der Waals surface area contributed by atoms with E-state index < -0.39 is 17.2 Å². The molecule has 7 nitrogen and oxygen atoms in total. The lowest BCUT2D eigenvalue weighted by molar-refractivity contribution is -0.113. The molecule has 2 N–H and O–H groups in total. The second-order valence-electron chi connectivity index (χ2n) is 7.80. The van der Waals surface area contributed by atoms with Gasteiger partial charge in [-0.05, 0) is 31.5 Å². The van der Waals surface area contributed by atoms with Crippen molar-refractivity contribution in [2.45, 2.75) is 19.8 Å². The number of carbonyl (C=O) groups is 1. The summed E-state index contributed by atoms with van der Waals surface area (Å²) < 4.78 is 2.49. The zero-order chi connectivity index (χ0) is 22.3. The third kappa shape index (κ3) is 3.48. The fourth-order valence-electron chi connectivity index (χ4n) is 4.00. The van der Waals surface area contributed by atoms with E-state index in [0.717, 1.165) is 15.7 Å². The number of para-hydroxylation sites is 1. The number of allylic oxidation sites excluding steroid dienone is 1. The first kappa shape index (κ1) is 20.4. The number of benzene rings is 2. The van der Waals surface area contributed by atoms with Crippen LogP contribution in [0.3, 0.4) is 0 Å². The van der Waals surface area contributed by atoms with Gasteiger partial charge < -0.3 is 10.6 Å². The van der Waals surface area contributed by atoms with Crippen molar-refractivity contribution in [1.29, 1.82) is 0 Å². The summed E-state index contributed by atoms with van der Waals surface area (Å²) in [6.45, 7) is 3.76. The molecule has 0 bridgehead atoms. The molecule has 0 fully saturated rings. The van der Waals surface area contributed by atoms with Crippen LogP contribution in [0.25, 0.3) is 0 Å². The molecule has 0 saturated carbocycles. The van der Waals surface area contributed by atoms with E-state index in [0.29, 0.717) is 28.3 Å². The summed E-state index contributed by atoms with van der Waals surface area (Å²) in [5, 5.41) is 6.06. The topological polar surface area (TPSA) is 85.1 Å². The number of nitrogens with one attached hydrogen (secondary N) is 2. The largest absolute Gasteiger partial charge is 0.344 e. The first-order valence-corrected chi connectivity index (χ1v) is 10.00. The molecule has 1 aliphatic heterocycles. The van der Waals surface area contributed by atoms with Crippen molar-refractivity contribution in [3.05, 3.63) is 103 Å². The molecule has 0 saturated heterocycles. The average molecular weight is 416 g/mol. The molecule has 1 aliphatic rings. The molecule has 1 amide bonds. The van der Waals surface area contributed by atoms with Crippen molar-refractivity contribution >= 4 is 17.4 Å². The Morgan fingerprint density at radius 3 is 2.23 bits per heavy atom. The van der Waals surface area contributed by atoms with Crippen LogP contribution in [0.1, 0.15) is 29.5 Å². The zero-order valence-electron chi connectivity index (χ0n) is 17.9. The Morgan fingerprint density at radius 2 is 1.58 bits per heavy atom. The second kappa shape index (κ2) is 7.75. The summed E-state index contributed by atoms with van der Waals surface area (Å²) in [5.41, 5.74) is 3.10. The molecule has 0 aliphatic carbocycles. The van der Waals surface area contributed by atoms with Crippen LogP contribution in [-0.2, 0) is 18.9 Å². The van der Waals surface area contributed by atoms with Gasteiger partial charge in [0, 0.05) is 31.1 Å². The maximum Gasteiger partial charge on any atom is 0.332 e. The summed E-state index contributed by atoms with van der Waals surface area (Å²) in [4.78, 5) is 39.1. The normalized spacial score (nSPS) is 15.3. The molecule has 3 aromatic rings. The maximum atomic E-state index is 13.4. The van der Waals surface area contributed by atoms with Crippen molar-refractivity contribution in [1.82, 2.24) is 9.13 Å². The van der Waals surface area contributed by atoms with Crippen molar-refractivity contribution in [3.63, 3.8) is 0 Å². The van der Waals surface area contributed by atoms with Gasteiger partial charge in [-0.15, -0.1) is 0 Å². The van der Waals surface area contributed by atoms with Crippen molar-refractivity contribution in [3.8, 4) is 0 Å². The van der Waals surface area contributed by atoms with Gasteiger partial charge in [-0.1, -0.05) is 48.0 Å². The van der Waals surface area contributed by atoms with Crippen LogP contribution in [0.2, 0.25) is 0 Å². The Kier molecular flexibility index (Phi) is 5.10. The molecular weight excluding hydrogens is 392 g/mol. The highest BCUT2D eigenvalue weighted by molar-refractivity contribution is 6.07.